The van der Waals surface area contributed by atoms with Gasteiger partial charge in [-0.15, -0.1) is 0 Å². The molecule has 1 aromatic heterocycles. The van der Waals surface area contributed by atoms with Crippen molar-refractivity contribution >= 4 is 39.0 Å². The zero-order valence-corrected chi connectivity index (χ0v) is 17.6. The number of sulfone groups is 1. The van der Waals surface area contributed by atoms with Crippen LogP contribution in [-0.2, 0) is 14.6 Å². The van der Waals surface area contributed by atoms with Gasteiger partial charge in [0.05, 0.1) is 18.3 Å². The van der Waals surface area contributed by atoms with Crippen LogP contribution >= 0.6 is 11.6 Å². The number of nitrogens with zero attached hydrogens (tertiary/aromatic N) is 5. The van der Waals surface area contributed by atoms with Crippen molar-refractivity contribution in [3.63, 3.8) is 0 Å². The average molecular weight is 458 g/mol. The molecule has 3 heterocycles. The van der Waals surface area contributed by atoms with E-state index in [-0.39, 0.29) is 18.4 Å². The van der Waals surface area contributed by atoms with Crippen LogP contribution in [0, 0.1) is 0 Å². The maximum Gasteiger partial charge on any atom is 0.286 e. The molecule has 2 aromatic carbocycles. The fraction of sp³-hybridized carbons (Fsp3) is 0.200. The van der Waals surface area contributed by atoms with Crippen molar-refractivity contribution in [2.45, 2.75) is 6.04 Å². The smallest absolute Gasteiger partial charge is 0.286 e. The maximum atomic E-state index is 12.4. The molecule has 1 saturated heterocycles. The van der Waals surface area contributed by atoms with Gasteiger partial charge < -0.3 is 9.42 Å². The van der Waals surface area contributed by atoms with Gasteiger partial charge in [-0.2, -0.15) is 10.1 Å². The Morgan fingerprint density at radius 1 is 1.03 bits per heavy atom. The number of aromatic nitrogens is 2. The Hall–Kier alpha value is -3.24. The van der Waals surface area contributed by atoms with Crippen LogP contribution < -0.4 is 5.01 Å². The van der Waals surface area contributed by atoms with Gasteiger partial charge in [0.15, 0.2) is 9.84 Å². The van der Waals surface area contributed by atoms with Crippen molar-refractivity contribution in [2.24, 2.45) is 5.10 Å². The molecule has 0 radical (unpaired) electrons. The Bertz CT molecular complexity index is 1270. The monoisotopic (exact) mass is 457 g/mol. The van der Waals surface area contributed by atoms with E-state index < -0.39 is 27.5 Å². The van der Waals surface area contributed by atoms with Crippen molar-refractivity contribution in [3.05, 3.63) is 65.2 Å². The minimum Gasteiger partial charge on any atom is -0.332 e. The number of benzene rings is 2. The van der Waals surface area contributed by atoms with Crippen molar-refractivity contribution in [1.29, 1.82) is 0 Å². The minimum atomic E-state index is -3.48. The normalized spacial score (nSPS) is 20.4. The van der Waals surface area contributed by atoms with E-state index >= 15 is 0 Å². The summed E-state index contributed by atoms with van der Waals surface area (Å²) in [5.74, 6) is -0.744. The number of rotatable bonds is 4. The van der Waals surface area contributed by atoms with E-state index in [0.29, 0.717) is 16.6 Å². The van der Waals surface area contributed by atoms with Crippen LogP contribution in [0.15, 0.2) is 64.2 Å². The molecule has 31 heavy (non-hydrogen) atoms. The van der Waals surface area contributed by atoms with E-state index in [1.54, 1.807) is 24.3 Å². The van der Waals surface area contributed by atoms with Crippen LogP contribution in [0.1, 0.15) is 5.56 Å². The van der Waals surface area contributed by atoms with E-state index in [1.165, 1.54) is 9.91 Å². The Balaban J connectivity index is 1.50. The summed E-state index contributed by atoms with van der Waals surface area (Å²) in [5.41, 5.74) is 2.02. The lowest BCUT2D eigenvalue weighted by Crippen LogP contribution is -2.44. The zero-order chi connectivity index (χ0) is 21.6. The number of carbonyl (C=O) groups is 1. The standard InChI is InChI=1S/C20H16ClN5O4S/c21-15-8-6-13(7-9-15)18-16(25-12-31(28,29)11-17(25)27)10-26(23-18)20-22-19(30-24-20)14-4-2-1-3-5-14/h1-9,16H,10-12H2. The predicted molar refractivity (Wildman–Crippen MR) is 114 cm³/mol. The second-order valence-electron chi connectivity index (χ2n) is 7.24. The highest BCUT2D eigenvalue weighted by Gasteiger charge is 2.43. The topological polar surface area (TPSA) is 109 Å². The molecule has 2 aliphatic rings. The number of carbonyl (C=O) groups excluding carboxylic acids is 1. The Morgan fingerprint density at radius 3 is 2.45 bits per heavy atom. The molecule has 1 amide bonds. The summed E-state index contributed by atoms with van der Waals surface area (Å²) in [6, 6.07) is 15.7. The van der Waals surface area contributed by atoms with Crippen LogP contribution in [0.3, 0.4) is 0 Å². The summed E-state index contributed by atoms with van der Waals surface area (Å²) >= 11 is 6.00. The summed E-state index contributed by atoms with van der Waals surface area (Å²) < 4.78 is 29.4. The SMILES string of the molecule is O=C1CS(=O)(=O)CN1C1CN(c2noc(-c3ccccc3)n2)N=C1c1ccc(Cl)cc1. The van der Waals surface area contributed by atoms with E-state index in [9.17, 15) is 13.2 Å². The van der Waals surface area contributed by atoms with Gasteiger partial charge in [-0.3, -0.25) is 4.79 Å². The van der Waals surface area contributed by atoms with Gasteiger partial charge in [-0.1, -0.05) is 41.9 Å². The van der Waals surface area contributed by atoms with Gasteiger partial charge in [-0.05, 0) is 29.4 Å². The van der Waals surface area contributed by atoms with Gasteiger partial charge in [0.2, 0.25) is 5.91 Å². The average Bonchev–Trinajstić information content (AvgIpc) is 3.46. The van der Waals surface area contributed by atoms with Crippen molar-refractivity contribution in [1.82, 2.24) is 15.0 Å². The predicted octanol–water partition coefficient (Wildman–Crippen LogP) is 2.20. The lowest BCUT2D eigenvalue weighted by Gasteiger charge is -2.23. The molecule has 0 N–H and O–H groups in total. The first-order chi connectivity index (χ1) is 14.9. The van der Waals surface area contributed by atoms with Crippen molar-refractivity contribution in [2.75, 3.05) is 23.2 Å². The molecule has 0 saturated carbocycles. The molecule has 11 heteroatoms. The minimum absolute atomic E-state index is 0.201. The van der Waals surface area contributed by atoms with Crippen LogP contribution in [0.4, 0.5) is 5.95 Å². The van der Waals surface area contributed by atoms with Gasteiger partial charge in [0.1, 0.15) is 11.6 Å². The number of halogens is 1. The number of amides is 1. The van der Waals surface area contributed by atoms with E-state index in [0.717, 1.165) is 11.1 Å². The first-order valence-corrected chi connectivity index (χ1v) is 11.6. The molecule has 158 valence electrons. The summed E-state index contributed by atoms with van der Waals surface area (Å²) in [7, 11) is -3.48. The molecular formula is C20H16ClN5O4S. The third-order valence-electron chi connectivity index (χ3n) is 5.07. The summed E-state index contributed by atoms with van der Waals surface area (Å²) in [6.07, 6.45) is 0. The van der Waals surface area contributed by atoms with Gasteiger partial charge >= 0.3 is 0 Å². The first kappa shape index (κ1) is 19.7. The molecule has 2 aliphatic heterocycles. The maximum absolute atomic E-state index is 12.4. The molecule has 3 aromatic rings. The molecule has 0 spiro atoms. The number of anilines is 1. The van der Waals surface area contributed by atoms with Crippen LogP contribution in [0.2, 0.25) is 5.02 Å². The van der Waals surface area contributed by atoms with Crippen LogP contribution in [-0.4, -0.2) is 59.3 Å². The highest BCUT2D eigenvalue weighted by atomic mass is 35.5. The Morgan fingerprint density at radius 2 is 1.77 bits per heavy atom. The molecule has 1 atom stereocenters. The van der Waals surface area contributed by atoms with Crippen LogP contribution in [0.25, 0.3) is 11.5 Å². The first-order valence-electron chi connectivity index (χ1n) is 9.41. The fourth-order valence-electron chi connectivity index (χ4n) is 3.61. The molecule has 0 aliphatic carbocycles. The van der Waals surface area contributed by atoms with Gasteiger partial charge in [0, 0.05) is 16.1 Å². The van der Waals surface area contributed by atoms with Crippen molar-refractivity contribution < 1.29 is 17.7 Å². The molecule has 1 unspecified atom stereocenters. The lowest BCUT2D eigenvalue weighted by molar-refractivity contribution is -0.127. The van der Waals surface area contributed by atoms with E-state index in [4.69, 9.17) is 16.1 Å². The summed E-state index contributed by atoms with van der Waals surface area (Å²) in [6.45, 7) is 0.201. The summed E-state index contributed by atoms with van der Waals surface area (Å²) in [5, 5.41) is 10.7. The third-order valence-corrected chi connectivity index (χ3v) is 6.68. The molecule has 1 fully saturated rings. The van der Waals surface area contributed by atoms with Crippen molar-refractivity contribution in [3.8, 4) is 11.5 Å². The van der Waals surface area contributed by atoms with E-state index in [2.05, 4.69) is 15.2 Å². The highest BCUT2D eigenvalue weighted by Crippen LogP contribution is 2.28. The number of hydrogen-bond acceptors (Lipinski definition) is 8. The number of hydrazone groups is 1. The Labute approximate surface area is 182 Å². The van der Waals surface area contributed by atoms with Gasteiger partial charge in [0.25, 0.3) is 11.8 Å². The second-order valence-corrected chi connectivity index (χ2v) is 9.71. The highest BCUT2D eigenvalue weighted by molar-refractivity contribution is 7.92. The molecule has 5 rings (SSSR count). The van der Waals surface area contributed by atoms with Crippen LogP contribution in [0.5, 0.6) is 0 Å². The Kier molecular flexibility index (Phi) is 4.75. The second kappa shape index (κ2) is 7.47. The quantitative estimate of drug-likeness (QED) is 0.590. The number of hydrogen-bond donors (Lipinski definition) is 0. The lowest BCUT2D eigenvalue weighted by atomic mass is 10.0. The van der Waals surface area contributed by atoms with E-state index in [1.807, 2.05) is 30.3 Å². The largest absolute Gasteiger partial charge is 0.332 e. The fourth-order valence-corrected chi connectivity index (χ4v) is 5.12. The summed E-state index contributed by atoms with van der Waals surface area (Å²) in [4.78, 5) is 18.2. The van der Waals surface area contributed by atoms with Gasteiger partial charge in [-0.25, -0.2) is 13.4 Å². The molecule has 9 nitrogen and oxygen atoms in total. The zero-order valence-electron chi connectivity index (χ0n) is 16.1. The third kappa shape index (κ3) is 3.79. The molecular weight excluding hydrogens is 442 g/mol. The molecule has 0 bridgehead atoms.